The lowest BCUT2D eigenvalue weighted by Crippen LogP contribution is -2.47. The van der Waals surface area contributed by atoms with Crippen LogP contribution in [0.5, 0.6) is 0 Å². The maximum atomic E-state index is 11.5. The van der Waals surface area contributed by atoms with E-state index in [0.717, 1.165) is 38.4 Å². The number of hydrogen-bond acceptors (Lipinski definition) is 2. The summed E-state index contributed by atoms with van der Waals surface area (Å²) < 4.78 is 0. The maximum absolute atomic E-state index is 11.5. The Kier molecular flexibility index (Phi) is 7.73. The molecule has 1 aromatic rings. The highest BCUT2D eigenvalue weighted by Gasteiger charge is 2.44. The second-order valence-electron chi connectivity index (χ2n) is 7.35. The van der Waals surface area contributed by atoms with E-state index < -0.39 is 0 Å². The molecule has 3 rings (SSSR count). The van der Waals surface area contributed by atoms with Gasteiger partial charge in [-0.2, -0.15) is 0 Å². The average molecular weight is 470 g/mol. The van der Waals surface area contributed by atoms with Gasteiger partial charge in [0.05, 0.1) is 0 Å². The number of likely N-dealkylation sites (tertiary alicyclic amines) is 1. The van der Waals surface area contributed by atoms with Crippen LogP contribution in [-0.2, 0) is 10.2 Å². The predicted molar refractivity (Wildman–Crippen MR) is 117 cm³/mol. The van der Waals surface area contributed by atoms with Crippen LogP contribution in [0.2, 0.25) is 0 Å². The fourth-order valence-corrected chi connectivity index (χ4v) is 3.80. The van der Waals surface area contributed by atoms with Gasteiger partial charge in [0.2, 0.25) is 5.91 Å². The van der Waals surface area contributed by atoms with E-state index in [2.05, 4.69) is 50.9 Å². The van der Waals surface area contributed by atoms with Crippen LogP contribution in [0, 0.1) is 5.92 Å². The number of halogens is 1. The van der Waals surface area contributed by atoms with Gasteiger partial charge in [-0.15, -0.1) is 24.0 Å². The van der Waals surface area contributed by atoms with Crippen LogP contribution in [0.15, 0.2) is 35.3 Å². The molecule has 1 amide bonds. The van der Waals surface area contributed by atoms with Crippen molar-refractivity contribution in [2.24, 2.45) is 10.9 Å². The first-order chi connectivity index (χ1) is 12.2. The number of hydrogen-bond donors (Lipinski definition) is 2. The first-order valence-electron chi connectivity index (χ1n) is 9.38. The van der Waals surface area contributed by atoms with Gasteiger partial charge in [-0.1, -0.05) is 30.3 Å². The van der Waals surface area contributed by atoms with Crippen LogP contribution in [0.25, 0.3) is 0 Å². The molecular weight excluding hydrogens is 439 g/mol. The number of carbonyl (C=O) groups excluding carboxylic acids is 1. The lowest BCUT2D eigenvalue weighted by atomic mass is 9.93. The minimum Gasteiger partial charge on any atom is -0.359 e. The number of aliphatic imine (C=N–C) groups is 1. The molecule has 0 spiro atoms. The monoisotopic (exact) mass is 470 g/mol. The van der Waals surface area contributed by atoms with E-state index in [1.807, 2.05) is 7.05 Å². The Morgan fingerprint density at radius 2 is 1.88 bits per heavy atom. The Morgan fingerprint density at radius 1 is 1.23 bits per heavy atom. The van der Waals surface area contributed by atoms with Gasteiger partial charge in [-0.05, 0) is 37.2 Å². The summed E-state index contributed by atoms with van der Waals surface area (Å²) in [7, 11) is 3.57. The van der Waals surface area contributed by atoms with Crippen LogP contribution in [0.4, 0.5) is 0 Å². The minimum atomic E-state index is 0. The van der Waals surface area contributed by atoms with Crippen molar-refractivity contribution in [2.45, 2.75) is 37.5 Å². The van der Waals surface area contributed by atoms with E-state index in [4.69, 9.17) is 0 Å². The third-order valence-corrected chi connectivity index (χ3v) is 5.70. The molecule has 1 aliphatic heterocycles. The maximum Gasteiger partial charge on any atom is 0.220 e. The van der Waals surface area contributed by atoms with E-state index in [1.54, 1.807) is 7.05 Å². The van der Waals surface area contributed by atoms with Crippen LogP contribution in [-0.4, -0.2) is 50.5 Å². The fourth-order valence-electron chi connectivity index (χ4n) is 3.80. The van der Waals surface area contributed by atoms with Crippen LogP contribution in [0.3, 0.4) is 0 Å². The van der Waals surface area contributed by atoms with Crippen molar-refractivity contribution in [2.75, 3.05) is 33.7 Å². The van der Waals surface area contributed by atoms with Gasteiger partial charge in [0.1, 0.15) is 0 Å². The molecule has 0 aromatic heterocycles. The molecule has 2 fully saturated rings. The van der Waals surface area contributed by atoms with Crippen molar-refractivity contribution >= 4 is 35.8 Å². The zero-order valence-corrected chi connectivity index (χ0v) is 18.2. The number of carbonyl (C=O) groups is 1. The lowest BCUT2D eigenvalue weighted by molar-refractivity contribution is -0.121. The van der Waals surface area contributed by atoms with Crippen LogP contribution < -0.4 is 10.6 Å². The van der Waals surface area contributed by atoms with Gasteiger partial charge in [-0.3, -0.25) is 9.79 Å². The van der Waals surface area contributed by atoms with Crippen molar-refractivity contribution in [1.82, 2.24) is 15.5 Å². The summed E-state index contributed by atoms with van der Waals surface area (Å²) in [4.78, 5) is 18.4. The number of benzene rings is 1. The van der Waals surface area contributed by atoms with Gasteiger partial charge in [0.15, 0.2) is 5.96 Å². The second kappa shape index (κ2) is 9.58. The quantitative estimate of drug-likeness (QED) is 0.396. The Balaban J connectivity index is 0.00000243. The first kappa shape index (κ1) is 21.0. The molecule has 6 heteroatoms. The number of piperidine rings is 1. The molecule has 5 nitrogen and oxygen atoms in total. The SMILES string of the molecule is CN=C(NCC1(c2ccccc2)CC1)N1CCC(CC(=O)NC)CC1.I. The molecule has 2 aliphatic rings. The summed E-state index contributed by atoms with van der Waals surface area (Å²) in [5.74, 6) is 1.65. The van der Waals surface area contributed by atoms with E-state index in [0.29, 0.717) is 12.3 Å². The smallest absolute Gasteiger partial charge is 0.220 e. The molecule has 144 valence electrons. The summed E-state index contributed by atoms with van der Waals surface area (Å²) in [5, 5.41) is 6.33. The molecule has 1 aliphatic carbocycles. The lowest BCUT2D eigenvalue weighted by Gasteiger charge is -2.34. The number of guanidine groups is 1. The molecule has 0 bridgehead atoms. The van der Waals surface area contributed by atoms with Crippen molar-refractivity contribution in [1.29, 1.82) is 0 Å². The number of nitrogens with one attached hydrogen (secondary N) is 2. The Hall–Kier alpha value is -1.31. The third-order valence-electron chi connectivity index (χ3n) is 5.70. The van der Waals surface area contributed by atoms with Crippen LogP contribution in [0.1, 0.15) is 37.7 Å². The normalized spacial score (nSPS) is 19.5. The zero-order valence-electron chi connectivity index (χ0n) is 15.8. The first-order valence-corrected chi connectivity index (χ1v) is 9.38. The Bertz CT molecular complexity index is 607. The second-order valence-corrected chi connectivity index (χ2v) is 7.35. The Morgan fingerprint density at radius 3 is 2.42 bits per heavy atom. The summed E-state index contributed by atoms with van der Waals surface area (Å²) in [6, 6.07) is 10.8. The molecule has 1 saturated carbocycles. The highest BCUT2D eigenvalue weighted by Crippen LogP contribution is 2.47. The minimum absolute atomic E-state index is 0. The number of nitrogens with zero attached hydrogens (tertiary/aromatic N) is 2. The van der Waals surface area contributed by atoms with Gasteiger partial charge in [-0.25, -0.2) is 0 Å². The van der Waals surface area contributed by atoms with Gasteiger partial charge >= 0.3 is 0 Å². The molecule has 2 N–H and O–H groups in total. The van der Waals surface area contributed by atoms with E-state index in [-0.39, 0.29) is 35.3 Å². The molecule has 0 radical (unpaired) electrons. The van der Waals surface area contributed by atoms with Crippen molar-refractivity contribution in [3.63, 3.8) is 0 Å². The van der Waals surface area contributed by atoms with E-state index in [9.17, 15) is 4.79 Å². The standard InChI is InChI=1S/C20H30N4O.HI/c1-21-18(25)14-16-8-12-24(13-9-16)19(22-2)23-15-20(10-11-20)17-6-4-3-5-7-17;/h3-7,16H,8-15H2,1-2H3,(H,21,25)(H,22,23);1H. The molecule has 0 atom stereocenters. The Labute approximate surface area is 174 Å². The third kappa shape index (κ3) is 5.11. The highest BCUT2D eigenvalue weighted by molar-refractivity contribution is 14.0. The van der Waals surface area contributed by atoms with Crippen molar-refractivity contribution < 1.29 is 4.79 Å². The molecular formula is C20H31IN4O. The molecule has 26 heavy (non-hydrogen) atoms. The topological polar surface area (TPSA) is 56.7 Å². The van der Waals surface area contributed by atoms with Gasteiger partial charge < -0.3 is 15.5 Å². The number of amides is 1. The summed E-state index contributed by atoms with van der Waals surface area (Å²) in [6.45, 7) is 2.89. The summed E-state index contributed by atoms with van der Waals surface area (Å²) in [6.07, 6.45) is 5.24. The van der Waals surface area contributed by atoms with Crippen molar-refractivity contribution in [3.8, 4) is 0 Å². The fraction of sp³-hybridized carbons (Fsp3) is 0.600. The van der Waals surface area contributed by atoms with Crippen LogP contribution >= 0.6 is 24.0 Å². The number of rotatable bonds is 5. The highest BCUT2D eigenvalue weighted by atomic mass is 127. The van der Waals surface area contributed by atoms with Gasteiger partial charge in [0.25, 0.3) is 0 Å². The summed E-state index contributed by atoms with van der Waals surface area (Å²) in [5.41, 5.74) is 1.72. The van der Waals surface area contributed by atoms with Gasteiger partial charge in [0, 0.05) is 45.6 Å². The molecule has 0 unspecified atom stereocenters. The summed E-state index contributed by atoms with van der Waals surface area (Å²) >= 11 is 0. The molecule has 1 aromatic carbocycles. The van der Waals surface area contributed by atoms with E-state index in [1.165, 1.54) is 18.4 Å². The van der Waals surface area contributed by atoms with Crippen molar-refractivity contribution in [3.05, 3.63) is 35.9 Å². The predicted octanol–water partition coefficient (Wildman–Crippen LogP) is 2.76. The molecule has 1 saturated heterocycles. The van der Waals surface area contributed by atoms with E-state index >= 15 is 0 Å². The largest absolute Gasteiger partial charge is 0.359 e. The average Bonchev–Trinajstić information content (AvgIpc) is 3.45. The molecule has 1 heterocycles. The zero-order chi connectivity index (χ0) is 17.7.